The number of hydrogen-bond donors (Lipinski definition) is 2. The first-order chi connectivity index (χ1) is 9.17. The highest BCUT2D eigenvalue weighted by molar-refractivity contribution is 5.67. The highest BCUT2D eigenvalue weighted by Gasteiger charge is 2.17. The minimum absolute atomic E-state index is 0.145. The molecule has 1 aromatic carbocycles. The maximum atomic E-state index is 13.4. The molecule has 0 spiro atoms. The van der Waals surface area contributed by atoms with E-state index in [2.05, 4.69) is 5.32 Å². The van der Waals surface area contributed by atoms with Crippen molar-refractivity contribution in [3.63, 3.8) is 0 Å². The van der Waals surface area contributed by atoms with E-state index in [1.165, 1.54) is 12.1 Å². The summed E-state index contributed by atoms with van der Waals surface area (Å²) in [7, 11) is 0. The largest absolute Gasteiger partial charge is 0.444 e. The Balaban J connectivity index is 2.44. The fourth-order valence-electron chi connectivity index (χ4n) is 1.57. The van der Waals surface area contributed by atoms with Crippen molar-refractivity contribution < 1.29 is 18.3 Å². The molecule has 20 heavy (non-hydrogen) atoms. The predicted octanol–water partition coefficient (Wildman–Crippen LogP) is 2.36. The SMILES string of the molecule is CC(C)(C)OC(=O)NCC(N)Cc1ccc(F)cc1F. The molecular weight excluding hydrogens is 266 g/mol. The second-order valence-electron chi connectivity index (χ2n) is 5.58. The van der Waals surface area contributed by atoms with Crippen molar-refractivity contribution in [1.82, 2.24) is 5.32 Å². The summed E-state index contributed by atoms with van der Waals surface area (Å²) in [4.78, 5) is 11.4. The molecule has 1 rings (SSSR count). The van der Waals surface area contributed by atoms with Gasteiger partial charge in [-0.1, -0.05) is 6.07 Å². The first-order valence-electron chi connectivity index (χ1n) is 6.34. The second-order valence-corrected chi connectivity index (χ2v) is 5.58. The number of alkyl carbamates (subject to hydrolysis) is 1. The fourth-order valence-corrected chi connectivity index (χ4v) is 1.57. The first-order valence-corrected chi connectivity index (χ1v) is 6.34. The smallest absolute Gasteiger partial charge is 0.407 e. The van der Waals surface area contributed by atoms with E-state index in [9.17, 15) is 13.6 Å². The lowest BCUT2D eigenvalue weighted by Gasteiger charge is -2.20. The van der Waals surface area contributed by atoms with Crippen LogP contribution in [0.4, 0.5) is 13.6 Å². The van der Waals surface area contributed by atoms with Gasteiger partial charge < -0.3 is 15.8 Å². The lowest BCUT2D eigenvalue weighted by atomic mass is 10.1. The molecule has 4 nitrogen and oxygen atoms in total. The average molecular weight is 286 g/mol. The molecule has 112 valence electrons. The standard InChI is InChI=1S/C14H20F2N2O2/c1-14(2,3)20-13(19)18-8-11(17)6-9-4-5-10(15)7-12(9)16/h4-5,7,11H,6,8,17H2,1-3H3,(H,18,19). The van der Waals surface area contributed by atoms with Crippen LogP contribution in [0.25, 0.3) is 0 Å². The molecule has 0 aliphatic carbocycles. The molecule has 0 aliphatic rings. The molecule has 0 saturated carbocycles. The van der Waals surface area contributed by atoms with Crippen molar-refractivity contribution in [1.29, 1.82) is 0 Å². The van der Waals surface area contributed by atoms with E-state index in [1.807, 2.05) is 0 Å². The summed E-state index contributed by atoms with van der Waals surface area (Å²) in [6, 6.07) is 2.84. The zero-order chi connectivity index (χ0) is 15.3. The minimum atomic E-state index is -0.641. The van der Waals surface area contributed by atoms with Gasteiger partial charge in [0.1, 0.15) is 17.2 Å². The molecule has 0 fully saturated rings. The number of nitrogens with two attached hydrogens (primary N) is 1. The van der Waals surface area contributed by atoms with E-state index < -0.39 is 29.4 Å². The Morgan fingerprint density at radius 3 is 2.60 bits per heavy atom. The van der Waals surface area contributed by atoms with Gasteiger partial charge in [-0.3, -0.25) is 0 Å². The average Bonchev–Trinajstić information content (AvgIpc) is 2.28. The molecule has 1 amide bonds. The lowest BCUT2D eigenvalue weighted by Crippen LogP contribution is -2.41. The van der Waals surface area contributed by atoms with Gasteiger partial charge in [0.25, 0.3) is 0 Å². The van der Waals surface area contributed by atoms with Gasteiger partial charge in [0.2, 0.25) is 0 Å². The van der Waals surface area contributed by atoms with Crippen LogP contribution in [0.1, 0.15) is 26.3 Å². The summed E-state index contributed by atoms with van der Waals surface area (Å²) in [5.41, 5.74) is 5.52. The minimum Gasteiger partial charge on any atom is -0.444 e. The molecular formula is C14H20F2N2O2. The molecule has 0 bridgehead atoms. The number of carbonyl (C=O) groups excluding carboxylic acids is 1. The molecule has 6 heteroatoms. The van der Waals surface area contributed by atoms with Crippen LogP contribution in [0.2, 0.25) is 0 Å². The Hall–Kier alpha value is -1.69. The normalized spacial score (nSPS) is 12.9. The quantitative estimate of drug-likeness (QED) is 0.893. The molecule has 0 heterocycles. The van der Waals surface area contributed by atoms with Gasteiger partial charge in [0.15, 0.2) is 0 Å². The Bertz CT molecular complexity index is 473. The number of benzene rings is 1. The number of rotatable bonds is 4. The number of ether oxygens (including phenoxy) is 1. The summed E-state index contributed by atoms with van der Waals surface area (Å²) < 4.78 is 31.2. The van der Waals surface area contributed by atoms with Crippen LogP contribution in [0.5, 0.6) is 0 Å². The van der Waals surface area contributed by atoms with Crippen molar-refractivity contribution in [2.75, 3.05) is 6.54 Å². The highest BCUT2D eigenvalue weighted by Crippen LogP contribution is 2.11. The topological polar surface area (TPSA) is 64.3 Å². The van der Waals surface area contributed by atoms with E-state index in [0.717, 1.165) is 6.07 Å². The lowest BCUT2D eigenvalue weighted by molar-refractivity contribution is 0.0524. The Morgan fingerprint density at radius 1 is 1.40 bits per heavy atom. The predicted molar refractivity (Wildman–Crippen MR) is 72.3 cm³/mol. The summed E-state index contributed by atoms with van der Waals surface area (Å²) in [6.45, 7) is 5.40. The Labute approximate surface area is 117 Å². The van der Waals surface area contributed by atoms with Crippen LogP contribution in [-0.2, 0) is 11.2 Å². The van der Waals surface area contributed by atoms with Crippen LogP contribution in [0.3, 0.4) is 0 Å². The van der Waals surface area contributed by atoms with Crippen LogP contribution < -0.4 is 11.1 Å². The van der Waals surface area contributed by atoms with Crippen molar-refractivity contribution in [2.45, 2.75) is 38.8 Å². The van der Waals surface area contributed by atoms with Crippen LogP contribution in [0, 0.1) is 11.6 Å². The molecule has 1 aromatic rings. The van der Waals surface area contributed by atoms with Crippen molar-refractivity contribution in [2.24, 2.45) is 5.73 Å². The fraction of sp³-hybridized carbons (Fsp3) is 0.500. The number of nitrogens with one attached hydrogen (secondary N) is 1. The van der Waals surface area contributed by atoms with Gasteiger partial charge in [-0.2, -0.15) is 0 Å². The van der Waals surface area contributed by atoms with Crippen molar-refractivity contribution in [3.05, 3.63) is 35.4 Å². The number of carbonyl (C=O) groups is 1. The molecule has 3 N–H and O–H groups in total. The molecule has 0 aromatic heterocycles. The number of amides is 1. The second kappa shape index (κ2) is 6.65. The molecule has 1 unspecified atom stereocenters. The summed E-state index contributed by atoms with van der Waals surface area (Å²) >= 11 is 0. The molecule has 0 aliphatic heterocycles. The molecule has 0 radical (unpaired) electrons. The molecule has 1 atom stereocenters. The van der Waals surface area contributed by atoms with E-state index in [-0.39, 0.29) is 13.0 Å². The van der Waals surface area contributed by atoms with E-state index in [4.69, 9.17) is 10.5 Å². The van der Waals surface area contributed by atoms with E-state index in [0.29, 0.717) is 5.56 Å². The monoisotopic (exact) mass is 286 g/mol. The first kappa shape index (κ1) is 16.4. The Kier molecular flexibility index (Phi) is 5.44. The third kappa shape index (κ3) is 5.97. The van der Waals surface area contributed by atoms with Gasteiger partial charge in [0.05, 0.1) is 0 Å². The van der Waals surface area contributed by atoms with Gasteiger partial charge in [-0.05, 0) is 38.8 Å². The number of halogens is 2. The van der Waals surface area contributed by atoms with Gasteiger partial charge in [0, 0.05) is 18.7 Å². The summed E-state index contributed by atoms with van der Waals surface area (Å²) in [5.74, 6) is -1.27. The van der Waals surface area contributed by atoms with Crippen molar-refractivity contribution in [3.8, 4) is 0 Å². The summed E-state index contributed by atoms with van der Waals surface area (Å²) in [5, 5.41) is 2.51. The van der Waals surface area contributed by atoms with E-state index >= 15 is 0 Å². The van der Waals surface area contributed by atoms with Crippen molar-refractivity contribution >= 4 is 6.09 Å². The van der Waals surface area contributed by atoms with Crippen LogP contribution in [0.15, 0.2) is 18.2 Å². The summed E-state index contributed by atoms with van der Waals surface area (Å²) in [6.07, 6.45) is -0.380. The van der Waals surface area contributed by atoms with Crippen LogP contribution >= 0.6 is 0 Å². The van der Waals surface area contributed by atoms with Gasteiger partial charge >= 0.3 is 6.09 Å². The maximum absolute atomic E-state index is 13.4. The zero-order valence-electron chi connectivity index (χ0n) is 11.9. The zero-order valence-corrected chi connectivity index (χ0v) is 11.9. The third-order valence-corrected chi connectivity index (χ3v) is 2.40. The Morgan fingerprint density at radius 2 is 2.05 bits per heavy atom. The van der Waals surface area contributed by atoms with Gasteiger partial charge in [-0.15, -0.1) is 0 Å². The third-order valence-electron chi connectivity index (χ3n) is 2.40. The molecule has 0 saturated heterocycles. The number of hydrogen-bond acceptors (Lipinski definition) is 3. The van der Waals surface area contributed by atoms with E-state index in [1.54, 1.807) is 20.8 Å². The van der Waals surface area contributed by atoms with Crippen LogP contribution in [-0.4, -0.2) is 24.3 Å². The maximum Gasteiger partial charge on any atom is 0.407 e. The van der Waals surface area contributed by atoms with Gasteiger partial charge in [-0.25, -0.2) is 13.6 Å². The highest BCUT2D eigenvalue weighted by atomic mass is 19.1.